The van der Waals surface area contributed by atoms with E-state index in [4.69, 9.17) is 4.74 Å². The Morgan fingerprint density at radius 1 is 1.42 bits per heavy atom. The van der Waals surface area contributed by atoms with E-state index in [-0.39, 0.29) is 23.6 Å². The Hall–Kier alpha value is -1.62. The van der Waals surface area contributed by atoms with Crippen LogP contribution in [-0.2, 0) is 6.61 Å². The zero-order valence-electron chi connectivity index (χ0n) is 12.1. The molecule has 0 spiro atoms. The molecule has 1 aromatic rings. The highest BCUT2D eigenvalue weighted by atomic mass is 16.6. The number of benzene rings is 1. The van der Waals surface area contributed by atoms with E-state index in [0.717, 1.165) is 0 Å². The number of ether oxygens (including phenoxy) is 1. The molecule has 0 saturated carbocycles. The van der Waals surface area contributed by atoms with Crippen molar-refractivity contribution in [3.63, 3.8) is 0 Å². The molecule has 106 valence electrons. The molecule has 5 heteroatoms. The molecule has 1 unspecified atom stereocenters. The lowest BCUT2D eigenvalue weighted by Gasteiger charge is -2.28. The van der Waals surface area contributed by atoms with Crippen molar-refractivity contribution in [2.45, 2.75) is 40.2 Å². The largest absolute Gasteiger partial charge is 0.496 e. The van der Waals surface area contributed by atoms with Crippen molar-refractivity contribution in [3.8, 4) is 5.75 Å². The summed E-state index contributed by atoms with van der Waals surface area (Å²) in [4.78, 5) is 10.8. The summed E-state index contributed by atoms with van der Waals surface area (Å²) in [6.45, 7) is 7.85. The Balaban J connectivity index is 3.48. The molecule has 1 atom stereocenters. The first-order valence-electron chi connectivity index (χ1n) is 6.18. The third-order valence-electron chi connectivity index (χ3n) is 3.56. The monoisotopic (exact) mass is 267 g/mol. The van der Waals surface area contributed by atoms with E-state index in [1.807, 2.05) is 27.7 Å². The number of aliphatic hydroxyl groups is 1. The molecule has 0 saturated heterocycles. The molecule has 0 aliphatic carbocycles. The van der Waals surface area contributed by atoms with E-state index in [1.54, 1.807) is 6.07 Å². The minimum absolute atomic E-state index is 0.0101. The van der Waals surface area contributed by atoms with Crippen LogP contribution < -0.4 is 4.74 Å². The fourth-order valence-electron chi connectivity index (χ4n) is 1.92. The van der Waals surface area contributed by atoms with Crippen LogP contribution >= 0.6 is 0 Å². The number of nitrogens with zero attached hydrogens (tertiary/aromatic N) is 1. The van der Waals surface area contributed by atoms with Gasteiger partial charge in [-0.25, -0.2) is 0 Å². The molecular weight excluding hydrogens is 246 g/mol. The third-order valence-corrected chi connectivity index (χ3v) is 3.56. The van der Waals surface area contributed by atoms with Gasteiger partial charge in [-0.1, -0.05) is 27.7 Å². The van der Waals surface area contributed by atoms with E-state index in [9.17, 15) is 15.2 Å². The van der Waals surface area contributed by atoms with Crippen LogP contribution in [0.2, 0.25) is 0 Å². The van der Waals surface area contributed by atoms with E-state index >= 15 is 0 Å². The maximum atomic E-state index is 11.2. The molecule has 19 heavy (non-hydrogen) atoms. The number of nitro groups is 1. The van der Waals surface area contributed by atoms with Gasteiger partial charge in [0.2, 0.25) is 0 Å². The average molecular weight is 267 g/mol. The molecule has 0 aliphatic rings. The van der Waals surface area contributed by atoms with Gasteiger partial charge in [0.05, 0.1) is 24.7 Å². The molecular formula is C14H21NO4. The molecule has 0 heterocycles. The van der Waals surface area contributed by atoms with Crippen LogP contribution in [0.5, 0.6) is 5.75 Å². The fourth-order valence-corrected chi connectivity index (χ4v) is 1.92. The predicted molar refractivity (Wildman–Crippen MR) is 73.4 cm³/mol. The Labute approximate surface area is 113 Å². The van der Waals surface area contributed by atoms with E-state index in [1.165, 1.54) is 13.2 Å². The van der Waals surface area contributed by atoms with Gasteiger partial charge in [-0.15, -0.1) is 0 Å². The van der Waals surface area contributed by atoms with Crippen molar-refractivity contribution in [1.29, 1.82) is 0 Å². The van der Waals surface area contributed by atoms with Gasteiger partial charge in [0.15, 0.2) is 0 Å². The summed E-state index contributed by atoms with van der Waals surface area (Å²) in [5, 5.41) is 20.5. The highest BCUT2D eigenvalue weighted by molar-refractivity contribution is 5.52. The normalized spacial score (nSPS) is 13.2. The average Bonchev–Trinajstić information content (AvgIpc) is 2.34. The summed E-state index contributed by atoms with van der Waals surface area (Å²) in [6.07, 6.45) is 0. The summed E-state index contributed by atoms with van der Waals surface area (Å²) >= 11 is 0. The second kappa shape index (κ2) is 5.57. The van der Waals surface area contributed by atoms with Gasteiger partial charge >= 0.3 is 0 Å². The van der Waals surface area contributed by atoms with Crippen LogP contribution in [0, 0.1) is 15.5 Å². The van der Waals surface area contributed by atoms with E-state index in [2.05, 4.69) is 0 Å². The highest BCUT2D eigenvalue weighted by Crippen LogP contribution is 2.41. The summed E-state index contributed by atoms with van der Waals surface area (Å²) in [5.41, 5.74) is 1.13. The second-order valence-electron chi connectivity index (χ2n) is 5.73. The maximum Gasteiger partial charge on any atom is 0.276 e. The smallest absolute Gasteiger partial charge is 0.276 e. The topological polar surface area (TPSA) is 72.6 Å². The summed E-state index contributed by atoms with van der Waals surface area (Å²) in [5.74, 6) is 0.336. The third kappa shape index (κ3) is 3.23. The minimum atomic E-state index is -0.402. The van der Waals surface area contributed by atoms with Crippen LogP contribution in [0.1, 0.15) is 44.7 Å². The van der Waals surface area contributed by atoms with Crippen LogP contribution in [0.15, 0.2) is 12.1 Å². The Bertz CT molecular complexity index is 477. The minimum Gasteiger partial charge on any atom is -0.496 e. The number of aliphatic hydroxyl groups excluding tert-OH is 1. The van der Waals surface area contributed by atoms with Crippen molar-refractivity contribution < 1.29 is 14.8 Å². The molecule has 0 radical (unpaired) electrons. The van der Waals surface area contributed by atoms with Gasteiger partial charge in [-0.2, -0.15) is 0 Å². The van der Waals surface area contributed by atoms with E-state index in [0.29, 0.717) is 16.9 Å². The van der Waals surface area contributed by atoms with Crippen LogP contribution in [0.4, 0.5) is 5.69 Å². The number of methoxy groups -OCH3 is 1. The standard InChI is InChI=1S/C14H21NO4/c1-9(14(2,3)4)11-6-10(8-16)13(19-5)7-12(11)15(17)18/h6-7,9,16H,8H2,1-5H3. The van der Waals surface area contributed by atoms with Crippen LogP contribution in [0.25, 0.3) is 0 Å². The number of hydrogen-bond donors (Lipinski definition) is 1. The number of nitro benzene ring substituents is 1. The van der Waals surface area contributed by atoms with Crippen molar-refractivity contribution >= 4 is 5.69 Å². The van der Waals surface area contributed by atoms with Gasteiger partial charge in [-0.3, -0.25) is 10.1 Å². The first kappa shape index (κ1) is 15.4. The zero-order chi connectivity index (χ0) is 14.8. The first-order valence-corrected chi connectivity index (χ1v) is 6.18. The van der Waals surface area contributed by atoms with Gasteiger partial charge in [0.1, 0.15) is 5.75 Å². The molecule has 0 fully saturated rings. The Morgan fingerprint density at radius 3 is 2.37 bits per heavy atom. The van der Waals surface area contributed by atoms with Gasteiger partial charge in [-0.05, 0) is 17.4 Å². The molecule has 1 aromatic carbocycles. The summed E-state index contributed by atoms with van der Waals surface area (Å²) < 4.78 is 5.08. The van der Waals surface area contributed by atoms with Crippen molar-refractivity contribution in [2.75, 3.05) is 7.11 Å². The van der Waals surface area contributed by atoms with Crippen molar-refractivity contribution in [3.05, 3.63) is 33.4 Å². The second-order valence-corrected chi connectivity index (χ2v) is 5.73. The lowest BCUT2D eigenvalue weighted by molar-refractivity contribution is -0.385. The van der Waals surface area contributed by atoms with E-state index < -0.39 is 4.92 Å². The van der Waals surface area contributed by atoms with Crippen LogP contribution in [0.3, 0.4) is 0 Å². The molecule has 0 bridgehead atoms. The Kier molecular flexibility index (Phi) is 4.52. The summed E-state index contributed by atoms with van der Waals surface area (Å²) in [6, 6.07) is 3.07. The molecule has 0 aromatic heterocycles. The predicted octanol–water partition coefficient (Wildman–Crippen LogP) is 3.25. The molecule has 0 amide bonds. The SMILES string of the molecule is COc1cc([N+](=O)[O-])c(C(C)C(C)(C)C)cc1CO. The lowest BCUT2D eigenvalue weighted by atomic mass is 9.77. The fraction of sp³-hybridized carbons (Fsp3) is 0.571. The molecule has 1 rings (SSSR count). The maximum absolute atomic E-state index is 11.2. The number of rotatable bonds is 4. The number of hydrogen-bond acceptors (Lipinski definition) is 4. The van der Waals surface area contributed by atoms with Gasteiger partial charge in [0, 0.05) is 11.1 Å². The zero-order valence-corrected chi connectivity index (χ0v) is 12.1. The molecule has 0 aliphatic heterocycles. The summed E-state index contributed by atoms with van der Waals surface area (Å²) in [7, 11) is 1.44. The molecule has 5 nitrogen and oxygen atoms in total. The Morgan fingerprint density at radius 2 is 2.00 bits per heavy atom. The lowest BCUT2D eigenvalue weighted by Crippen LogP contribution is -2.17. The molecule has 1 N–H and O–H groups in total. The highest BCUT2D eigenvalue weighted by Gasteiger charge is 2.29. The first-order chi connectivity index (χ1) is 8.72. The van der Waals surface area contributed by atoms with Crippen molar-refractivity contribution in [1.82, 2.24) is 0 Å². The van der Waals surface area contributed by atoms with Crippen LogP contribution in [-0.4, -0.2) is 17.1 Å². The van der Waals surface area contributed by atoms with Gasteiger partial charge < -0.3 is 9.84 Å². The quantitative estimate of drug-likeness (QED) is 0.671. The van der Waals surface area contributed by atoms with Gasteiger partial charge in [0.25, 0.3) is 5.69 Å². The van der Waals surface area contributed by atoms with Crippen molar-refractivity contribution in [2.24, 2.45) is 5.41 Å².